The van der Waals surface area contributed by atoms with Gasteiger partial charge < -0.3 is 10.4 Å². The van der Waals surface area contributed by atoms with Gasteiger partial charge in [0, 0.05) is 5.38 Å². The molecule has 0 aliphatic carbocycles. The molecule has 4 rings (SSSR count). The van der Waals surface area contributed by atoms with Gasteiger partial charge in [-0.25, -0.2) is 14.8 Å². The summed E-state index contributed by atoms with van der Waals surface area (Å²) in [4.78, 5) is 31.5. The van der Waals surface area contributed by atoms with Crippen molar-refractivity contribution in [3.63, 3.8) is 0 Å². The number of hydrogen-bond acceptors (Lipinski definition) is 6. The van der Waals surface area contributed by atoms with Crippen LogP contribution < -0.4 is 5.32 Å². The summed E-state index contributed by atoms with van der Waals surface area (Å²) in [6.07, 6.45) is 0.178. The van der Waals surface area contributed by atoms with Gasteiger partial charge in [-0.1, -0.05) is 36.4 Å². The van der Waals surface area contributed by atoms with E-state index in [0.717, 1.165) is 26.4 Å². The smallest absolute Gasteiger partial charge is 0.355 e. The molecule has 6 nitrogen and oxygen atoms in total. The van der Waals surface area contributed by atoms with Gasteiger partial charge in [-0.05, 0) is 23.3 Å². The zero-order valence-electron chi connectivity index (χ0n) is 14.6. The molecular formula is C20H15N3O3S2. The number of aromatic carboxylic acids is 1. The van der Waals surface area contributed by atoms with Gasteiger partial charge in [0.15, 0.2) is 5.69 Å². The van der Waals surface area contributed by atoms with E-state index in [1.54, 1.807) is 0 Å². The molecule has 0 aliphatic heterocycles. The maximum atomic E-state index is 12.2. The fourth-order valence-electron chi connectivity index (χ4n) is 2.72. The summed E-state index contributed by atoms with van der Waals surface area (Å²) >= 11 is 2.71. The fourth-order valence-corrected chi connectivity index (χ4v) is 4.44. The Morgan fingerprint density at radius 1 is 1.00 bits per heavy atom. The van der Waals surface area contributed by atoms with Crippen molar-refractivity contribution in [1.29, 1.82) is 0 Å². The van der Waals surface area contributed by atoms with Crippen LogP contribution in [0.5, 0.6) is 0 Å². The van der Waals surface area contributed by atoms with E-state index >= 15 is 0 Å². The van der Waals surface area contributed by atoms with Crippen LogP contribution in [-0.2, 0) is 17.8 Å². The van der Waals surface area contributed by atoms with Crippen molar-refractivity contribution in [3.05, 3.63) is 69.6 Å². The summed E-state index contributed by atoms with van der Waals surface area (Å²) in [6.45, 7) is 0.208. The fraction of sp³-hybridized carbons (Fsp3) is 0.100. The Balaban J connectivity index is 1.42. The minimum Gasteiger partial charge on any atom is -0.476 e. The Hall–Kier alpha value is -3.10. The number of amides is 1. The first-order chi connectivity index (χ1) is 13.6. The Kier molecular flexibility index (Phi) is 5.14. The van der Waals surface area contributed by atoms with E-state index in [9.17, 15) is 9.59 Å². The SMILES string of the molecule is O=C(Cc1nc2ccc(-c3ccccc3)cc2s1)NCc1nc(C(=O)O)cs1. The normalized spacial score (nSPS) is 10.9. The molecule has 8 heteroatoms. The lowest BCUT2D eigenvalue weighted by Crippen LogP contribution is -2.24. The summed E-state index contributed by atoms with van der Waals surface area (Å²) in [5.41, 5.74) is 3.13. The Labute approximate surface area is 168 Å². The first-order valence-corrected chi connectivity index (χ1v) is 10.2. The third-order valence-electron chi connectivity index (χ3n) is 4.06. The maximum Gasteiger partial charge on any atom is 0.355 e. The number of nitrogens with zero attached hydrogens (tertiary/aromatic N) is 2. The van der Waals surface area contributed by atoms with Crippen molar-refractivity contribution in [2.45, 2.75) is 13.0 Å². The molecule has 0 saturated carbocycles. The molecule has 0 bridgehead atoms. The van der Waals surface area contributed by atoms with Crippen molar-refractivity contribution in [2.75, 3.05) is 0 Å². The second-order valence-corrected chi connectivity index (χ2v) is 8.10. The highest BCUT2D eigenvalue weighted by Crippen LogP contribution is 2.28. The van der Waals surface area contributed by atoms with Crippen LogP contribution in [0.25, 0.3) is 21.3 Å². The third kappa shape index (κ3) is 4.08. The summed E-state index contributed by atoms with van der Waals surface area (Å²) in [6, 6.07) is 16.2. The van der Waals surface area contributed by atoms with Gasteiger partial charge in [0.05, 0.1) is 23.2 Å². The van der Waals surface area contributed by atoms with Crippen LogP contribution >= 0.6 is 22.7 Å². The number of carbonyl (C=O) groups excluding carboxylic acids is 1. The number of nitrogens with one attached hydrogen (secondary N) is 1. The van der Waals surface area contributed by atoms with Crippen LogP contribution in [-0.4, -0.2) is 27.0 Å². The van der Waals surface area contributed by atoms with Gasteiger partial charge in [-0.2, -0.15) is 0 Å². The van der Waals surface area contributed by atoms with Crippen molar-refractivity contribution in [2.24, 2.45) is 0 Å². The van der Waals surface area contributed by atoms with E-state index in [-0.39, 0.29) is 24.6 Å². The van der Waals surface area contributed by atoms with Crippen LogP contribution in [0.15, 0.2) is 53.9 Å². The highest BCUT2D eigenvalue weighted by atomic mass is 32.1. The molecule has 0 aliphatic rings. The Morgan fingerprint density at radius 2 is 1.82 bits per heavy atom. The minimum atomic E-state index is -1.07. The number of hydrogen-bond donors (Lipinski definition) is 2. The highest BCUT2D eigenvalue weighted by Gasteiger charge is 2.12. The molecule has 2 aromatic heterocycles. The summed E-state index contributed by atoms with van der Waals surface area (Å²) < 4.78 is 1.04. The third-order valence-corrected chi connectivity index (χ3v) is 5.93. The number of benzene rings is 2. The monoisotopic (exact) mass is 409 g/mol. The van der Waals surface area contributed by atoms with Crippen LogP contribution in [0.3, 0.4) is 0 Å². The number of thiazole rings is 2. The highest BCUT2D eigenvalue weighted by molar-refractivity contribution is 7.18. The number of fused-ring (bicyclic) bond motifs is 1. The lowest BCUT2D eigenvalue weighted by molar-refractivity contribution is -0.120. The van der Waals surface area contributed by atoms with E-state index in [2.05, 4.69) is 33.5 Å². The summed E-state index contributed by atoms with van der Waals surface area (Å²) in [5.74, 6) is -1.24. The second-order valence-electron chi connectivity index (χ2n) is 6.04. The van der Waals surface area contributed by atoms with Crippen LogP contribution in [0, 0.1) is 0 Å². The predicted molar refractivity (Wildman–Crippen MR) is 110 cm³/mol. The molecule has 1 amide bonds. The van der Waals surface area contributed by atoms with Crippen molar-refractivity contribution < 1.29 is 14.7 Å². The summed E-state index contributed by atoms with van der Waals surface area (Å²) in [5, 5.41) is 14.4. The van der Waals surface area contributed by atoms with E-state index < -0.39 is 5.97 Å². The molecule has 4 aromatic rings. The number of carbonyl (C=O) groups is 2. The molecule has 0 spiro atoms. The van der Waals surface area contributed by atoms with Crippen LogP contribution in [0.1, 0.15) is 20.5 Å². The zero-order valence-corrected chi connectivity index (χ0v) is 16.2. The minimum absolute atomic E-state index is 0.00496. The number of rotatable bonds is 6. The number of carboxylic acid groups (broad SMARTS) is 1. The molecule has 140 valence electrons. The van der Waals surface area contributed by atoms with Gasteiger partial charge in [-0.3, -0.25) is 4.79 Å². The zero-order chi connectivity index (χ0) is 19.5. The molecule has 0 unspecified atom stereocenters. The Morgan fingerprint density at radius 3 is 2.57 bits per heavy atom. The molecule has 0 saturated heterocycles. The molecule has 0 radical (unpaired) electrons. The van der Waals surface area contributed by atoms with Crippen LogP contribution in [0.2, 0.25) is 0 Å². The lowest BCUT2D eigenvalue weighted by Gasteiger charge is -2.00. The van der Waals surface area contributed by atoms with Gasteiger partial charge >= 0.3 is 5.97 Å². The van der Waals surface area contributed by atoms with Crippen molar-refractivity contribution in [1.82, 2.24) is 15.3 Å². The molecule has 0 atom stereocenters. The summed E-state index contributed by atoms with van der Waals surface area (Å²) in [7, 11) is 0. The molecule has 0 fully saturated rings. The quantitative estimate of drug-likeness (QED) is 0.503. The van der Waals surface area contributed by atoms with E-state index in [1.165, 1.54) is 28.1 Å². The first-order valence-electron chi connectivity index (χ1n) is 8.48. The van der Waals surface area contributed by atoms with Gasteiger partial charge in [0.25, 0.3) is 0 Å². The van der Waals surface area contributed by atoms with Gasteiger partial charge in [0.1, 0.15) is 10.0 Å². The maximum absolute atomic E-state index is 12.2. The van der Waals surface area contributed by atoms with Crippen LogP contribution in [0.4, 0.5) is 0 Å². The Bertz CT molecular complexity index is 1150. The van der Waals surface area contributed by atoms with Gasteiger partial charge in [0.2, 0.25) is 5.91 Å². The average Bonchev–Trinajstić information content (AvgIpc) is 3.33. The first kappa shape index (κ1) is 18.3. The van der Waals surface area contributed by atoms with Crippen molar-refractivity contribution >= 4 is 44.8 Å². The second kappa shape index (κ2) is 7.87. The van der Waals surface area contributed by atoms with E-state index in [4.69, 9.17) is 5.11 Å². The average molecular weight is 409 g/mol. The van der Waals surface area contributed by atoms with E-state index in [1.807, 2.05) is 30.3 Å². The molecular weight excluding hydrogens is 394 g/mol. The lowest BCUT2D eigenvalue weighted by atomic mass is 10.1. The molecule has 2 aromatic carbocycles. The topological polar surface area (TPSA) is 92.2 Å². The number of carboxylic acids is 1. The number of aromatic nitrogens is 2. The predicted octanol–water partition coefficient (Wildman–Crippen LogP) is 3.98. The van der Waals surface area contributed by atoms with E-state index in [0.29, 0.717) is 5.01 Å². The molecule has 28 heavy (non-hydrogen) atoms. The van der Waals surface area contributed by atoms with Crippen molar-refractivity contribution in [3.8, 4) is 11.1 Å². The molecule has 2 heterocycles. The molecule has 2 N–H and O–H groups in total. The largest absolute Gasteiger partial charge is 0.476 e. The standard InChI is InChI=1S/C20H15N3O3S2/c24-17(21-10-19-23-15(11-27-19)20(25)26)9-18-22-14-7-6-13(8-16(14)28-18)12-4-2-1-3-5-12/h1-8,11H,9-10H2,(H,21,24)(H,25,26). The van der Waals surface area contributed by atoms with Gasteiger partial charge in [-0.15, -0.1) is 22.7 Å².